The fourth-order valence-corrected chi connectivity index (χ4v) is 11.1. The van der Waals surface area contributed by atoms with E-state index in [-0.39, 0.29) is 5.04 Å². The Balaban J connectivity index is 2.82. The zero-order valence-electron chi connectivity index (χ0n) is 14.9. The first-order chi connectivity index (χ1) is 10.3. The van der Waals surface area contributed by atoms with Crippen molar-refractivity contribution in [3.05, 3.63) is 60.7 Å². The maximum Gasteiger partial charge on any atom is 0.126 e. The van der Waals surface area contributed by atoms with Crippen molar-refractivity contribution in [3.63, 3.8) is 0 Å². The Morgan fingerprint density at radius 2 is 1.05 bits per heavy atom. The standard InChI is InChI=1S/C21H30Si/c1-17(2)18(3)22(21(4,5)6,19-13-9-7-10-14-19)20-15-11-8-12-16-20/h7-18H,1-6H3. The molecule has 0 aliphatic carbocycles. The first-order valence-electron chi connectivity index (χ1n) is 8.43. The van der Waals surface area contributed by atoms with Gasteiger partial charge in [0.05, 0.1) is 0 Å². The van der Waals surface area contributed by atoms with Crippen molar-refractivity contribution in [1.29, 1.82) is 0 Å². The highest BCUT2D eigenvalue weighted by atomic mass is 28.3. The molecular formula is C21H30Si. The number of benzene rings is 2. The van der Waals surface area contributed by atoms with Crippen LogP contribution in [0.5, 0.6) is 0 Å². The van der Waals surface area contributed by atoms with E-state index in [1.807, 2.05) is 0 Å². The van der Waals surface area contributed by atoms with Gasteiger partial charge in [0.2, 0.25) is 0 Å². The third kappa shape index (κ3) is 2.79. The van der Waals surface area contributed by atoms with Gasteiger partial charge in [0.15, 0.2) is 0 Å². The molecule has 0 radical (unpaired) electrons. The van der Waals surface area contributed by atoms with E-state index < -0.39 is 8.07 Å². The van der Waals surface area contributed by atoms with Crippen LogP contribution in [0.1, 0.15) is 41.5 Å². The van der Waals surface area contributed by atoms with Gasteiger partial charge in [0.25, 0.3) is 0 Å². The number of hydrogen-bond donors (Lipinski definition) is 0. The van der Waals surface area contributed by atoms with Crippen LogP contribution in [0.15, 0.2) is 60.7 Å². The largest absolute Gasteiger partial charge is 0.126 e. The van der Waals surface area contributed by atoms with Gasteiger partial charge in [-0.15, -0.1) is 0 Å². The molecule has 0 nitrogen and oxygen atoms in total. The smallest absolute Gasteiger partial charge is 0.0640 e. The van der Waals surface area contributed by atoms with Gasteiger partial charge in [-0.3, -0.25) is 0 Å². The lowest BCUT2D eigenvalue weighted by Crippen LogP contribution is -2.67. The summed E-state index contributed by atoms with van der Waals surface area (Å²) in [5, 5.41) is 3.39. The van der Waals surface area contributed by atoms with E-state index in [1.165, 1.54) is 0 Å². The Bertz CT molecular complexity index is 539. The molecule has 0 aromatic heterocycles. The fourth-order valence-electron chi connectivity index (χ4n) is 4.14. The minimum absolute atomic E-state index is 0.263. The van der Waals surface area contributed by atoms with Crippen molar-refractivity contribution in [1.82, 2.24) is 0 Å². The third-order valence-electron chi connectivity index (χ3n) is 5.32. The van der Waals surface area contributed by atoms with Crippen molar-refractivity contribution in [2.45, 2.75) is 52.1 Å². The Kier molecular flexibility index (Phi) is 4.96. The summed E-state index contributed by atoms with van der Waals surface area (Å²) in [6, 6.07) is 22.6. The van der Waals surface area contributed by atoms with Crippen molar-refractivity contribution in [2.75, 3.05) is 0 Å². The van der Waals surface area contributed by atoms with Crippen LogP contribution in [0.4, 0.5) is 0 Å². The summed E-state index contributed by atoms with van der Waals surface area (Å²) in [5.41, 5.74) is 0.678. The van der Waals surface area contributed by atoms with Crippen LogP contribution in [0.3, 0.4) is 0 Å². The van der Waals surface area contributed by atoms with Gasteiger partial charge in [0, 0.05) is 0 Å². The van der Waals surface area contributed by atoms with Gasteiger partial charge in [-0.1, -0.05) is 113 Å². The van der Waals surface area contributed by atoms with Gasteiger partial charge in [-0.25, -0.2) is 0 Å². The van der Waals surface area contributed by atoms with Crippen molar-refractivity contribution >= 4 is 18.4 Å². The molecule has 1 unspecified atom stereocenters. The average Bonchev–Trinajstić information content (AvgIpc) is 2.48. The summed E-state index contributed by atoms with van der Waals surface area (Å²) in [5.74, 6) is 0.673. The molecule has 0 saturated carbocycles. The molecule has 0 bridgehead atoms. The minimum Gasteiger partial charge on any atom is -0.0640 e. The summed E-state index contributed by atoms with van der Waals surface area (Å²) in [7, 11) is -1.92. The second-order valence-corrected chi connectivity index (χ2v) is 13.0. The number of rotatable bonds is 4. The Hall–Kier alpha value is -1.34. The first-order valence-corrected chi connectivity index (χ1v) is 10.5. The van der Waals surface area contributed by atoms with Gasteiger partial charge < -0.3 is 0 Å². The second kappa shape index (κ2) is 6.42. The van der Waals surface area contributed by atoms with Crippen molar-refractivity contribution in [3.8, 4) is 0 Å². The van der Waals surface area contributed by atoms with Crippen molar-refractivity contribution in [2.24, 2.45) is 5.92 Å². The van der Waals surface area contributed by atoms with E-state index in [9.17, 15) is 0 Å². The summed E-state index contributed by atoms with van der Waals surface area (Å²) in [4.78, 5) is 0. The molecule has 0 amide bonds. The SMILES string of the molecule is CC(C)C(C)[Si](c1ccccc1)(c1ccccc1)C(C)(C)C. The number of hydrogen-bond acceptors (Lipinski definition) is 0. The molecule has 1 heteroatoms. The van der Waals surface area contributed by atoms with E-state index in [1.54, 1.807) is 10.4 Å². The lowest BCUT2D eigenvalue weighted by atomic mass is 10.1. The molecule has 0 fully saturated rings. The van der Waals surface area contributed by atoms with Gasteiger partial charge in [-0.05, 0) is 16.5 Å². The van der Waals surface area contributed by atoms with E-state index in [2.05, 4.69) is 102 Å². The van der Waals surface area contributed by atoms with Crippen LogP contribution in [-0.2, 0) is 0 Å². The molecule has 2 aromatic rings. The maximum absolute atomic E-state index is 2.47. The topological polar surface area (TPSA) is 0 Å². The lowest BCUT2D eigenvalue weighted by molar-refractivity contribution is 0.579. The van der Waals surface area contributed by atoms with Crippen LogP contribution in [0.25, 0.3) is 0 Å². The van der Waals surface area contributed by atoms with E-state index in [0.29, 0.717) is 11.5 Å². The molecule has 1 atom stereocenters. The Labute approximate surface area is 137 Å². The van der Waals surface area contributed by atoms with Crippen LogP contribution in [0, 0.1) is 5.92 Å². The second-order valence-electron chi connectivity index (χ2n) is 7.82. The quantitative estimate of drug-likeness (QED) is 0.690. The predicted octanol–water partition coefficient (Wildman–Crippen LogP) is 5.10. The van der Waals surface area contributed by atoms with E-state index >= 15 is 0 Å². The molecule has 2 aromatic carbocycles. The van der Waals surface area contributed by atoms with Crippen LogP contribution in [-0.4, -0.2) is 8.07 Å². The Morgan fingerprint density at radius 1 is 0.682 bits per heavy atom. The third-order valence-corrected chi connectivity index (χ3v) is 12.2. The normalized spacial score (nSPS) is 14.1. The highest BCUT2D eigenvalue weighted by Crippen LogP contribution is 2.45. The highest BCUT2D eigenvalue weighted by Gasteiger charge is 2.51. The minimum atomic E-state index is -1.92. The van der Waals surface area contributed by atoms with E-state index in [4.69, 9.17) is 0 Å². The molecular weight excluding hydrogens is 280 g/mol. The first kappa shape index (κ1) is 17.0. The zero-order chi connectivity index (χ0) is 16.4. The Morgan fingerprint density at radius 3 is 1.32 bits per heavy atom. The molecule has 0 N–H and O–H groups in total. The molecule has 0 saturated heterocycles. The van der Waals surface area contributed by atoms with Crippen LogP contribution in [0.2, 0.25) is 10.6 Å². The van der Waals surface area contributed by atoms with Crippen molar-refractivity contribution < 1.29 is 0 Å². The monoisotopic (exact) mass is 310 g/mol. The molecule has 0 heterocycles. The summed E-state index contributed by atoms with van der Waals surface area (Å²) in [6.07, 6.45) is 0. The average molecular weight is 311 g/mol. The lowest BCUT2D eigenvalue weighted by Gasteiger charge is -2.49. The van der Waals surface area contributed by atoms with Gasteiger partial charge in [-0.2, -0.15) is 0 Å². The predicted molar refractivity (Wildman–Crippen MR) is 102 cm³/mol. The zero-order valence-corrected chi connectivity index (χ0v) is 15.9. The molecule has 0 aliphatic rings. The fraction of sp³-hybridized carbons (Fsp3) is 0.429. The summed E-state index contributed by atoms with van der Waals surface area (Å²) < 4.78 is 0. The molecule has 0 aliphatic heterocycles. The van der Waals surface area contributed by atoms with Gasteiger partial charge >= 0.3 is 0 Å². The molecule has 22 heavy (non-hydrogen) atoms. The molecule has 0 spiro atoms. The van der Waals surface area contributed by atoms with E-state index in [0.717, 1.165) is 0 Å². The van der Waals surface area contributed by atoms with Crippen LogP contribution < -0.4 is 10.4 Å². The molecule has 2 rings (SSSR count). The highest BCUT2D eigenvalue weighted by molar-refractivity contribution is 7.05. The maximum atomic E-state index is 2.47. The van der Waals surface area contributed by atoms with Crippen LogP contribution >= 0.6 is 0 Å². The summed E-state index contributed by atoms with van der Waals surface area (Å²) in [6.45, 7) is 14.6. The molecule has 118 valence electrons. The van der Waals surface area contributed by atoms with Gasteiger partial charge in [0.1, 0.15) is 8.07 Å². The summed E-state index contributed by atoms with van der Waals surface area (Å²) >= 11 is 0.